The van der Waals surface area contributed by atoms with Crippen molar-refractivity contribution in [3.8, 4) is 5.75 Å². The molecule has 1 aromatic rings. The van der Waals surface area contributed by atoms with E-state index in [0.717, 1.165) is 18.4 Å². The van der Waals surface area contributed by atoms with Gasteiger partial charge in [0.1, 0.15) is 5.75 Å². The maximum absolute atomic E-state index is 13.1. The van der Waals surface area contributed by atoms with Crippen LogP contribution in [0.15, 0.2) is 18.2 Å². The molecular formula is C30H55O4P. The maximum Gasteiger partial charge on any atom is 0.530 e. The minimum Gasteiger partial charge on any atom is -0.404 e. The molecule has 4 nitrogen and oxygen atoms in total. The van der Waals surface area contributed by atoms with Gasteiger partial charge in [0.15, 0.2) is 0 Å². The predicted molar refractivity (Wildman–Crippen MR) is 151 cm³/mol. The van der Waals surface area contributed by atoms with E-state index < -0.39 is 7.82 Å². The summed E-state index contributed by atoms with van der Waals surface area (Å²) in [5, 5.41) is 0. The summed E-state index contributed by atoms with van der Waals surface area (Å²) in [7, 11) is -3.63. The van der Waals surface area contributed by atoms with Gasteiger partial charge in [0, 0.05) is 5.56 Å². The predicted octanol–water partition coefficient (Wildman–Crippen LogP) is 10.6. The summed E-state index contributed by atoms with van der Waals surface area (Å²) in [5.74, 6) is 0.634. The van der Waals surface area contributed by atoms with Gasteiger partial charge < -0.3 is 4.52 Å². The van der Waals surface area contributed by atoms with Crippen molar-refractivity contribution in [3.63, 3.8) is 0 Å². The summed E-state index contributed by atoms with van der Waals surface area (Å²) in [4.78, 5) is 0. The lowest BCUT2D eigenvalue weighted by molar-refractivity contribution is 0.166. The Morgan fingerprint density at radius 3 is 1.66 bits per heavy atom. The summed E-state index contributed by atoms with van der Waals surface area (Å²) < 4.78 is 29.9. The van der Waals surface area contributed by atoms with Gasteiger partial charge in [0.05, 0.1) is 13.2 Å². The maximum atomic E-state index is 13.1. The number of phosphoric ester groups is 1. The van der Waals surface area contributed by atoms with E-state index in [4.69, 9.17) is 13.6 Å². The number of rotatable bonds is 22. The highest BCUT2D eigenvalue weighted by Gasteiger charge is 2.31. The second-order valence-electron chi connectivity index (χ2n) is 10.4. The Hall–Kier alpha value is -0.830. The van der Waals surface area contributed by atoms with Crippen LogP contribution in [0, 0.1) is 0 Å². The van der Waals surface area contributed by atoms with Gasteiger partial charge in [-0.1, -0.05) is 117 Å². The van der Waals surface area contributed by atoms with E-state index in [-0.39, 0.29) is 18.6 Å². The number of aryl methyl sites for hydroxylation is 1. The summed E-state index contributed by atoms with van der Waals surface area (Å²) in [6, 6.07) is 6.39. The number of phosphoric acid groups is 1. The minimum atomic E-state index is -3.63. The molecule has 0 aliphatic carbocycles. The van der Waals surface area contributed by atoms with Crippen LogP contribution in [0.1, 0.15) is 143 Å². The average molecular weight is 511 g/mol. The molecule has 204 valence electrons. The van der Waals surface area contributed by atoms with Crippen LogP contribution >= 0.6 is 7.82 Å². The lowest BCUT2D eigenvalue weighted by atomic mass is 9.81. The zero-order valence-corrected chi connectivity index (χ0v) is 24.7. The molecule has 0 aliphatic heterocycles. The zero-order valence-electron chi connectivity index (χ0n) is 23.8. The van der Waals surface area contributed by atoms with Crippen LogP contribution in [0.3, 0.4) is 0 Å². The molecule has 0 fully saturated rings. The van der Waals surface area contributed by atoms with Gasteiger partial charge in [-0.15, -0.1) is 0 Å². The van der Waals surface area contributed by atoms with E-state index in [2.05, 4.69) is 45.9 Å². The van der Waals surface area contributed by atoms with Gasteiger partial charge >= 0.3 is 7.82 Å². The molecule has 35 heavy (non-hydrogen) atoms. The molecule has 0 aromatic heterocycles. The molecule has 0 spiro atoms. The minimum absolute atomic E-state index is 0.0906. The van der Waals surface area contributed by atoms with Crippen molar-refractivity contribution in [2.45, 2.75) is 143 Å². The first-order chi connectivity index (χ1) is 16.8. The Morgan fingerprint density at radius 2 is 1.20 bits per heavy atom. The highest BCUT2D eigenvalue weighted by Crippen LogP contribution is 2.51. The molecule has 0 aliphatic rings. The molecule has 0 bridgehead atoms. The first-order valence-corrected chi connectivity index (χ1v) is 16.0. The van der Waals surface area contributed by atoms with Crippen molar-refractivity contribution < 1.29 is 18.1 Å². The fourth-order valence-corrected chi connectivity index (χ4v) is 5.63. The van der Waals surface area contributed by atoms with Crippen LogP contribution < -0.4 is 4.52 Å². The highest BCUT2D eigenvalue weighted by molar-refractivity contribution is 7.48. The van der Waals surface area contributed by atoms with E-state index in [1.807, 2.05) is 0 Å². The van der Waals surface area contributed by atoms with Crippen LogP contribution in [0.4, 0.5) is 0 Å². The first-order valence-electron chi connectivity index (χ1n) is 14.5. The summed E-state index contributed by atoms with van der Waals surface area (Å²) in [5.41, 5.74) is 2.18. The second kappa shape index (κ2) is 18.4. The first kappa shape index (κ1) is 32.2. The fourth-order valence-electron chi connectivity index (χ4n) is 4.42. The van der Waals surface area contributed by atoms with E-state index in [0.29, 0.717) is 5.75 Å². The Labute approximate surface area is 217 Å². The van der Waals surface area contributed by atoms with E-state index >= 15 is 0 Å². The third-order valence-electron chi connectivity index (χ3n) is 7.01. The van der Waals surface area contributed by atoms with Crippen molar-refractivity contribution >= 4 is 7.82 Å². The van der Waals surface area contributed by atoms with Crippen LogP contribution in [0.25, 0.3) is 0 Å². The Balaban J connectivity index is 2.51. The molecule has 0 saturated carbocycles. The topological polar surface area (TPSA) is 44.8 Å². The van der Waals surface area contributed by atoms with Gasteiger partial charge in [-0.25, -0.2) is 4.57 Å². The molecule has 5 heteroatoms. The molecule has 0 unspecified atom stereocenters. The zero-order chi connectivity index (χ0) is 26.0. The van der Waals surface area contributed by atoms with Crippen LogP contribution in [-0.4, -0.2) is 13.2 Å². The van der Waals surface area contributed by atoms with Crippen LogP contribution in [-0.2, 0) is 25.4 Å². The standard InChI is InChI=1S/C30H55O4P/c1-7-11-12-13-14-15-16-17-18-19-20-21-22-23-27-24-25-28(30(5,6)8-2)29(26-27)34-35(31,32-9-3)33-10-4/h24-26H,7-23H2,1-6H3. The van der Waals surface area contributed by atoms with Gasteiger partial charge in [-0.3, -0.25) is 9.05 Å². The fraction of sp³-hybridized carbons (Fsp3) is 0.800. The highest BCUT2D eigenvalue weighted by atomic mass is 31.2. The molecular weight excluding hydrogens is 455 g/mol. The lowest BCUT2D eigenvalue weighted by Crippen LogP contribution is -2.17. The number of benzene rings is 1. The normalized spacial score (nSPS) is 12.3. The number of hydrogen-bond acceptors (Lipinski definition) is 4. The van der Waals surface area contributed by atoms with Crippen molar-refractivity contribution in [1.29, 1.82) is 0 Å². The molecule has 0 heterocycles. The van der Waals surface area contributed by atoms with Crippen LogP contribution in [0.2, 0.25) is 0 Å². The molecule has 1 rings (SSSR count). The molecule has 1 aromatic carbocycles. The number of hydrogen-bond donors (Lipinski definition) is 0. The Kier molecular flexibility index (Phi) is 16.9. The van der Waals surface area contributed by atoms with Crippen molar-refractivity contribution in [3.05, 3.63) is 29.3 Å². The van der Waals surface area contributed by atoms with Crippen molar-refractivity contribution in [2.75, 3.05) is 13.2 Å². The van der Waals surface area contributed by atoms with Gasteiger partial charge in [-0.2, -0.15) is 0 Å². The molecule has 0 saturated heterocycles. The molecule has 0 radical (unpaired) electrons. The summed E-state index contributed by atoms with van der Waals surface area (Å²) in [6.45, 7) is 13.0. The average Bonchev–Trinajstić information content (AvgIpc) is 2.82. The van der Waals surface area contributed by atoms with Crippen molar-refractivity contribution in [1.82, 2.24) is 0 Å². The van der Waals surface area contributed by atoms with E-state index in [1.165, 1.54) is 89.0 Å². The smallest absolute Gasteiger partial charge is 0.404 e. The molecule has 0 atom stereocenters. The van der Waals surface area contributed by atoms with Gasteiger partial charge in [-0.05, 0) is 50.2 Å². The Morgan fingerprint density at radius 1 is 0.714 bits per heavy atom. The second-order valence-corrected chi connectivity index (χ2v) is 12.0. The quantitative estimate of drug-likeness (QED) is 0.115. The monoisotopic (exact) mass is 510 g/mol. The lowest BCUT2D eigenvalue weighted by Gasteiger charge is -2.28. The molecule has 0 amide bonds. The summed E-state index contributed by atoms with van der Waals surface area (Å²) >= 11 is 0. The Bertz CT molecular complexity index is 706. The molecule has 0 N–H and O–H groups in total. The summed E-state index contributed by atoms with van der Waals surface area (Å²) in [6.07, 6.45) is 19.6. The van der Waals surface area contributed by atoms with E-state index in [1.54, 1.807) is 13.8 Å². The van der Waals surface area contributed by atoms with E-state index in [9.17, 15) is 4.57 Å². The van der Waals surface area contributed by atoms with Crippen molar-refractivity contribution in [2.24, 2.45) is 0 Å². The SMILES string of the molecule is CCCCCCCCCCCCCCCc1ccc(C(C)(C)CC)c(OP(=O)(OCC)OCC)c1. The third kappa shape index (κ3) is 13.3. The van der Waals surface area contributed by atoms with Gasteiger partial charge in [0.2, 0.25) is 0 Å². The van der Waals surface area contributed by atoms with Crippen LogP contribution in [0.5, 0.6) is 5.75 Å². The third-order valence-corrected chi connectivity index (χ3v) is 8.58. The largest absolute Gasteiger partial charge is 0.530 e. The van der Waals surface area contributed by atoms with Gasteiger partial charge in [0.25, 0.3) is 0 Å². The number of unbranched alkanes of at least 4 members (excludes halogenated alkanes) is 12.